The van der Waals surface area contributed by atoms with Gasteiger partial charge in [-0.05, 0) is 31.0 Å². The maximum Gasteiger partial charge on any atom is 0.243 e. The molecule has 2 N–H and O–H groups in total. The summed E-state index contributed by atoms with van der Waals surface area (Å²) < 4.78 is 26.3. The van der Waals surface area contributed by atoms with Gasteiger partial charge in [-0.15, -0.1) is 0 Å². The number of sulfonamides is 1. The minimum Gasteiger partial charge on any atom is -0.355 e. The molecule has 1 atom stereocenters. The quantitative estimate of drug-likeness (QED) is 0.672. The monoisotopic (exact) mass is 355 g/mol. The van der Waals surface area contributed by atoms with Crippen molar-refractivity contribution < 1.29 is 13.2 Å². The van der Waals surface area contributed by atoms with E-state index in [9.17, 15) is 13.2 Å². The van der Waals surface area contributed by atoms with Crippen molar-refractivity contribution in [2.75, 3.05) is 26.2 Å². The van der Waals surface area contributed by atoms with Crippen LogP contribution in [0.25, 0.3) is 0 Å². The molecule has 0 radical (unpaired) electrons. The molecule has 0 spiro atoms. The summed E-state index contributed by atoms with van der Waals surface area (Å²) in [6, 6.07) is 6.79. The van der Waals surface area contributed by atoms with E-state index in [0.717, 1.165) is 12.0 Å². The van der Waals surface area contributed by atoms with Crippen LogP contribution in [-0.4, -0.2) is 44.8 Å². The van der Waals surface area contributed by atoms with Gasteiger partial charge >= 0.3 is 0 Å². The van der Waals surface area contributed by atoms with Crippen molar-refractivity contribution in [3.05, 3.63) is 29.8 Å². The van der Waals surface area contributed by atoms with Crippen LogP contribution in [0.15, 0.2) is 29.2 Å². The zero-order chi connectivity index (χ0) is 18.2. The maximum atomic E-state index is 12.4. The third-order valence-electron chi connectivity index (χ3n) is 3.86. The first-order chi connectivity index (χ1) is 11.4. The maximum absolute atomic E-state index is 12.4. The number of carbonyl (C=O) groups is 1. The summed E-state index contributed by atoms with van der Waals surface area (Å²) >= 11 is 0. The summed E-state index contributed by atoms with van der Waals surface area (Å²) in [5.41, 5.74) is 0.941. The SMILES string of the molecule is CCCNC(=O)CN[C@@H](C)c1ccc(S(=O)(=O)N(CC)CC)cc1. The smallest absolute Gasteiger partial charge is 0.243 e. The Bertz CT molecular complexity index is 610. The highest BCUT2D eigenvalue weighted by Gasteiger charge is 2.21. The Morgan fingerprint density at radius 2 is 1.71 bits per heavy atom. The van der Waals surface area contributed by atoms with E-state index in [1.807, 2.05) is 27.7 Å². The topological polar surface area (TPSA) is 78.5 Å². The lowest BCUT2D eigenvalue weighted by atomic mass is 10.1. The highest BCUT2D eigenvalue weighted by molar-refractivity contribution is 7.89. The predicted octanol–water partition coefficient (Wildman–Crippen LogP) is 1.89. The van der Waals surface area contributed by atoms with Crippen LogP contribution in [0.5, 0.6) is 0 Å². The second kappa shape index (κ2) is 9.76. The fourth-order valence-electron chi connectivity index (χ4n) is 2.33. The van der Waals surface area contributed by atoms with Gasteiger partial charge < -0.3 is 10.6 Å². The summed E-state index contributed by atoms with van der Waals surface area (Å²) in [4.78, 5) is 11.9. The second-order valence-electron chi connectivity index (χ2n) is 5.61. The van der Waals surface area contributed by atoms with Gasteiger partial charge in [0, 0.05) is 25.7 Å². The molecule has 0 aromatic heterocycles. The molecule has 6 nitrogen and oxygen atoms in total. The molecule has 0 saturated heterocycles. The first kappa shape index (κ1) is 20.6. The lowest BCUT2D eigenvalue weighted by Gasteiger charge is -2.19. The molecule has 0 aliphatic heterocycles. The van der Waals surface area contributed by atoms with Crippen LogP contribution < -0.4 is 10.6 Å². The summed E-state index contributed by atoms with van der Waals surface area (Å²) in [6.45, 7) is 9.41. The van der Waals surface area contributed by atoms with E-state index in [2.05, 4.69) is 10.6 Å². The fourth-order valence-corrected chi connectivity index (χ4v) is 3.79. The highest BCUT2D eigenvalue weighted by atomic mass is 32.2. The Morgan fingerprint density at radius 1 is 1.12 bits per heavy atom. The lowest BCUT2D eigenvalue weighted by Crippen LogP contribution is -2.35. The standard InChI is InChI=1S/C17H29N3O3S/c1-5-12-18-17(21)13-19-14(4)15-8-10-16(11-9-15)24(22,23)20(6-2)7-3/h8-11,14,19H,5-7,12-13H2,1-4H3,(H,18,21)/t14-/m0/s1. The number of carbonyl (C=O) groups excluding carboxylic acids is 1. The molecular weight excluding hydrogens is 326 g/mol. The first-order valence-electron chi connectivity index (χ1n) is 8.46. The summed E-state index contributed by atoms with van der Waals surface area (Å²) in [7, 11) is -3.43. The van der Waals surface area contributed by atoms with Gasteiger partial charge in [0.2, 0.25) is 15.9 Å². The molecule has 0 heterocycles. The van der Waals surface area contributed by atoms with Crippen LogP contribution in [-0.2, 0) is 14.8 Å². The molecule has 1 aromatic carbocycles. The average molecular weight is 356 g/mol. The van der Waals surface area contributed by atoms with Crippen LogP contribution in [0.3, 0.4) is 0 Å². The largest absolute Gasteiger partial charge is 0.355 e. The molecule has 0 saturated carbocycles. The van der Waals surface area contributed by atoms with Crippen LogP contribution in [0.1, 0.15) is 45.7 Å². The van der Waals surface area contributed by atoms with Gasteiger partial charge in [-0.2, -0.15) is 4.31 Å². The summed E-state index contributed by atoms with van der Waals surface area (Å²) in [6.07, 6.45) is 0.907. The van der Waals surface area contributed by atoms with E-state index < -0.39 is 10.0 Å². The number of amides is 1. The Morgan fingerprint density at radius 3 is 2.21 bits per heavy atom. The third kappa shape index (κ3) is 5.58. The molecular formula is C17H29N3O3S. The van der Waals surface area contributed by atoms with Gasteiger partial charge in [-0.1, -0.05) is 32.9 Å². The van der Waals surface area contributed by atoms with E-state index in [-0.39, 0.29) is 18.5 Å². The number of hydrogen-bond acceptors (Lipinski definition) is 4. The van der Waals surface area contributed by atoms with E-state index >= 15 is 0 Å². The van der Waals surface area contributed by atoms with Crippen LogP contribution in [0, 0.1) is 0 Å². The molecule has 0 fully saturated rings. The zero-order valence-corrected chi connectivity index (χ0v) is 15.8. The number of rotatable bonds is 10. The molecule has 1 rings (SSSR count). The minimum absolute atomic E-state index is 0.0376. The van der Waals surface area contributed by atoms with Gasteiger partial charge in [0.25, 0.3) is 0 Å². The normalized spacial score (nSPS) is 13.0. The highest BCUT2D eigenvalue weighted by Crippen LogP contribution is 2.19. The van der Waals surface area contributed by atoms with Crippen LogP contribution in [0.2, 0.25) is 0 Å². The van der Waals surface area contributed by atoms with Crippen molar-refractivity contribution in [3.8, 4) is 0 Å². The first-order valence-corrected chi connectivity index (χ1v) is 9.90. The van der Waals surface area contributed by atoms with Crippen molar-refractivity contribution in [1.29, 1.82) is 0 Å². The van der Waals surface area contributed by atoms with Crippen molar-refractivity contribution >= 4 is 15.9 Å². The number of benzene rings is 1. The van der Waals surface area contributed by atoms with Crippen molar-refractivity contribution in [2.24, 2.45) is 0 Å². The third-order valence-corrected chi connectivity index (χ3v) is 5.93. The molecule has 0 unspecified atom stereocenters. The zero-order valence-electron chi connectivity index (χ0n) is 15.0. The lowest BCUT2D eigenvalue weighted by molar-refractivity contribution is -0.120. The second-order valence-corrected chi connectivity index (χ2v) is 7.55. The van der Waals surface area contributed by atoms with E-state index in [0.29, 0.717) is 24.5 Å². The molecule has 1 aromatic rings. The average Bonchev–Trinajstić information content (AvgIpc) is 2.58. The number of nitrogens with one attached hydrogen (secondary N) is 2. The van der Waals surface area contributed by atoms with Gasteiger partial charge in [0.1, 0.15) is 0 Å². The van der Waals surface area contributed by atoms with Gasteiger partial charge in [0.05, 0.1) is 11.4 Å². The Balaban J connectivity index is 2.71. The molecule has 1 amide bonds. The Labute approximate surface area is 145 Å². The Hall–Kier alpha value is -1.44. The molecule has 24 heavy (non-hydrogen) atoms. The van der Waals surface area contributed by atoms with Crippen molar-refractivity contribution in [2.45, 2.75) is 45.1 Å². The van der Waals surface area contributed by atoms with Gasteiger partial charge in [-0.3, -0.25) is 4.79 Å². The van der Waals surface area contributed by atoms with Gasteiger partial charge in [-0.25, -0.2) is 8.42 Å². The predicted molar refractivity (Wildman–Crippen MR) is 96.3 cm³/mol. The van der Waals surface area contributed by atoms with Crippen molar-refractivity contribution in [3.63, 3.8) is 0 Å². The van der Waals surface area contributed by atoms with Crippen LogP contribution >= 0.6 is 0 Å². The molecule has 0 aliphatic carbocycles. The number of nitrogens with zero attached hydrogens (tertiary/aromatic N) is 1. The van der Waals surface area contributed by atoms with E-state index in [4.69, 9.17) is 0 Å². The molecule has 7 heteroatoms. The fraction of sp³-hybridized carbons (Fsp3) is 0.588. The van der Waals surface area contributed by atoms with Gasteiger partial charge in [0.15, 0.2) is 0 Å². The minimum atomic E-state index is -3.43. The van der Waals surface area contributed by atoms with E-state index in [1.54, 1.807) is 24.3 Å². The molecule has 136 valence electrons. The summed E-state index contributed by atoms with van der Waals surface area (Å²) in [5, 5.41) is 5.95. The molecule has 0 bridgehead atoms. The Kier molecular flexibility index (Phi) is 8.38. The summed E-state index contributed by atoms with van der Waals surface area (Å²) in [5.74, 6) is -0.0376. The van der Waals surface area contributed by atoms with E-state index in [1.165, 1.54) is 4.31 Å². The van der Waals surface area contributed by atoms with Crippen LogP contribution in [0.4, 0.5) is 0 Å². The van der Waals surface area contributed by atoms with Crippen molar-refractivity contribution in [1.82, 2.24) is 14.9 Å². The molecule has 0 aliphatic rings. The number of hydrogen-bond donors (Lipinski definition) is 2.